The summed E-state index contributed by atoms with van der Waals surface area (Å²) in [4.78, 5) is 4.16. The molecule has 0 aliphatic carbocycles. The van der Waals surface area contributed by atoms with Crippen molar-refractivity contribution in [1.82, 2.24) is 0 Å². The third-order valence-electron chi connectivity index (χ3n) is 2.31. The van der Waals surface area contributed by atoms with Crippen LogP contribution in [-0.2, 0) is 0 Å². The van der Waals surface area contributed by atoms with E-state index in [2.05, 4.69) is 4.99 Å². The van der Waals surface area contributed by atoms with Crippen LogP contribution >= 0.6 is 46.4 Å². The first-order chi connectivity index (χ1) is 8.97. The highest BCUT2D eigenvalue weighted by atomic mass is 35.5. The zero-order valence-electron chi connectivity index (χ0n) is 9.37. The Morgan fingerprint density at radius 2 is 1.63 bits per heavy atom. The summed E-state index contributed by atoms with van der Waals surface area (Å²) in [7, 11) is 0. The molecule has 1 N–H and O–H groups in total. The topological polar surface area (TPSA) is 32.6 Å². The van der Waals surface area contributed by atoms with Crippen LogP contribution in [-0.4, -0.2) is 11.3 Å². The van der Waals surface area contributed by atoms with Crippen LogP contribution < -0.4 is 0 Å². The molecule has 0 heterocycles. The second-order valence-corrected chi connectivity index (χ2v) is 5.37. The van der Waals surface area contributed by atoms with Gasteiger partial charge in [-0.3, -0.25) is 4.99 Å². The molecule has 6 heteroatoms. The fourth-order valence-electron chi connectivity index (χ4n) is 1.41. The Bertz CT molecular complexity index is 655. The zero-order valence-corrected chi connectivity index (χ0v) is 12.4. The van der Waals surface area contributed by atoms with E-state index in [9.17, 15) is 5.11 Å². The fourth-order valence-corrected chi connectivity index (χ4v) is 2.25. The number of phenolic OH excluding ortho intramolecular Hbond substituents is 1. The molecular weight excluding hydrogens is 328 g/mol. The molecule has 0 saturated carbocycles. The van der Waals surface area contributed by atoms with Crippen molar-refractivity contribution in [3.05, 3.63) is 56.0 Å². The Labute approximate surface area is 130 Å². The molecule has 2 aromatic carbocycles. The van der Waals surface area contributed by atoms with Crippen LogP contribution in [0, 0.1) is 0 Å². The summed E-state index contributed by atoms with van der Waals surface area (Å²) >= 11 is 23.5. The quantitative estimate of drug-likeness (QED) is 0.696. The Morgan fingerprint density at radius 3 is 2.37 bits per heavy atom. The molecule has 0 spiro atoms. The van der Waals surface area contributed by atoms with Crippen LogP contribution in [0.2, 0.25) is 20.1 Å². The van der Waals surface area contributed by atoms with Gasteiger partial charge in [0.25, 0.3) is 0 Å². The normalized spacial score (nSPS) is 11.2. The summed E-state index contributed by atoms with van der Waals surface area (Å²) in [5.41, 5.74) is 0.887. The van der Waals surface area contributed by atoms with Gasteiger partial charge in [0.1, 0.15) is 5.75 Å². The van der Waals surface area contributed by atoms with E-state index >= 15 is 0 Å². The van der Waals surface area contributed by atoms with Crippen molar-refractivity contribution in [3.8, 4) is 5.75 Å². The van der Waals surface area contributed by atoms with Crippen LogP contribution in [0.1, 0.15) is 5.56 Å². The fraction of sp³-hybridized carbons (Fsp3) is 0. The van der Waals surface area contributed by atoms with Gasteiger partial charge in [0.2, 0.25) is 0 Å². The molecule has 0 unspecified atom stereocenters. The number of benzene rings is 2. The van der Waals surface area contributed by atoms with Crippen molar-refractivity contribution in [2.24, 2.45) is 4.99 Å². The Hall–Kier alpha value is -0.930. The van der Waals surface area contributed by atoms with Gasteiger partial charge in [-0.2, -0.15) is 0 Å². The number of aliphatic imine (C=N–C) groups is 1. The number of aromatic hydroxyl groups is 1. The van der Waals surface area contributed by atoms with Gasteiger partial charge in [0.05, 0.1) is 15.7 Å². The second kappa shape index (κ2) is 6.02. The van der Waals surface area contributed by atoms with Crippen molar-refractivity contribution >= 4 is 58.3 Å². The van der Waals surface area contributed by atoms with Crippen molar-refractivity contribution in [2.45, 2.75) is 0 Å². The van der Waals surface area contributed by atoms with E-state index in [1.54, 1.807) is 24.3 Å². The average Bonchev–Trinajstić information content (AvgIpc) is 2.35. The first kappa shape index (κ1) is 14.5. The molecule has 0 aliphatic rings. The molecule has 0 aromatic heterocycles. The van der Waals surface area contributed by atoms with Crippen molar-refractivity contribution in [3.63, 3.8) is 0 Å². The summed E-state index contributed by atoms with van der Waals surface area (Å²) in [6, 6.07) is 7.91. The van der Waals surface area contributed by atoms with E-state index in [0.29, 0.717) is 26.3 Å². The predicted molar refractivity (Wildman–Crippen MR) is 81.8 cm³/mol. The molecule has 2 rings (SSSR count). The maximum absolute atomic E-state index is 9.78. The highest BCUT2D eigenvalue weighted by molar-refractivity contribution is 6.36. The van der Waals surface area contributed by atoms with Crippen molar-refractivity contribution < 1.29 is 5.11 Å². The summed E-state index contributed by atoms with van der Waals surface area (Å²) in [6.45, 7) is 0. The van der Waals surface area contributed by atoms with Gasteiger partial charge in [-0.1, -0.05) is 46.4 Å². The van der Waals surface area contributed by atoms with E-state index in [4.69, 9.17) is 46.4 Å². The van der Waals surface area contributed by atoms with Crippen LogP contribution in [0.5, 0.6) is 5.75 Å². The van der Waals surface area contributed by atoms with E-state index in [-0.39, 0.29) is 10.8 Å². The minimum absolute atomic E-state index is 0.0898. The van der Waals surface area contributed by atoms with Gasteiger partial charge in [-0.25, -0.2) is 0 Å². The summed E-state index contributed by atoms with van der Waals surface area (Å²) in [6.07, 6.45) is 1.42. The maximum atomic E-state index is 9.78. The van der Waals surface area contributed by atoms with Gasteiger partial charge in [0.15, 0.2) is 0 Å². The first-order valence-corrected chi connectivity index (χ1v) is 6.65. The molecule has 0 aliphatic heterocycles. The smallest absolute Gasteiger partial charge is 0.143 e. The molecule has 19 heavy (non-hydrogen) atoms. The number of hydrogen-bond acceptors (Lipinski definition) is 2. The lowest BCUT2D eigenvalue weighted by molar-refractivity contribution is 0.475. The van der Waals surface area contributed by atoms with Gasteiger partial charge >= 0.3 is 0 Å². The molecule has 0 saturated heterocycles. The van der Waals surface area contributed by atoms with E-state index in [1.165, 1.54) is 12.3 Å². The number of halogens is 4. The highest BCUT2D eigenvalue weighted by Crippen LogP contribution is 2.32. The Kier molecular flexibility index (Phi) is 4.58. The summed E-state index contributed by atoms with van der Waals surface area (Å²) in [5, 5.41) is 11.3. The molecule has 2 aromatic rings. The van der Waals surface area contributed by atoms with Gasteiger partial charge in [-0.05, 0) is 30.3 Å². The second-order valence-electron chi connectivity index (χ2n) is 3.68. The SMILES string of the molecule is Oc1c(Cl)cc(Cl)cc1C=Nc1cc(Cl)ccc1Cl. The molecule has 0 atom stereocenters. The lowest BCUT2D eigenvalue weighted by atomic mass is 10.2. The summed E-state index contributed by atoms with van der Waals surface area (Å²) in [5.74, 6) is -0.0898. The first-order valence-electron chi connectivity index (χ1n) is 5.14. The third kappa shape index (κ3) is 3.54. The minimum atomic E-state index is -0.0898. The van der Waals surface area contributed by atoms with Gasteiger partial charge in [-0.15, -0.1) is 0 Å². The molecule has 98 valence electrons. The zero-order chi connectivity index (χ0) is 14.0. The number of rotatable bonds is 2. The standard InChI is InChI=1S/C13H7Cl4NO/c14-8-1-2-10(16)12(5-8)18-6-7-3-9(15)4-11(17)13(7)19/h1-6,19H. The van der Waals surface area contributed by atoms with Crippen LogP contribution in [0.15, 0.2) is 35.3 Å². The van der Waals surface area contributed by atoms with E-state index in [1.807, 2.05) is 0 Å². The largest absolute Gasteiger partial charge is 0.506 e. The molecule has 2 nitrogen and oxygen atoms in total. The van der Waals surface area contributed by atoms with Crippen LogP contribution in [0.4, 0.5) is 5.69 Å². The van der Waals surface area contributed by atoms with Crippen molar-refractivity contribution in [2.75, 3.05) is 0 Å². The van der Waals surface area contributed by atoms with E-state index < -0.39 is 0 Å². The van der Waals surface area contributed by atoms with Gasteiger partial charge < -0.3 is 5.11 Å². The average molecular weight is 335 g/mol. The Balaban J connectivity index is 2.40. The predicted octanol–water partition coefficient (Wildman–Crippen LogP) is 5.76. The molecule has 0 amide bonds. The number of phenols is 1. The number of hydrogen-bond donors (Lipinski definition) is 1. The highest BCUT2D eigenvalue weighted by Gasteiger charge is 2.06. The van der Waals surface area contributed by atoms with Crippen LogP contribution in [0.25, 0.3) is 0 Å². The monoisotopic (exact) mass is 333 g/mol. The van der Waals surface area contributed by atoms with Gasteiger partial charge in [0, 0.05) is 21.8 Å². The number of nitrogens with zero attached hydrogens (tertiary/aromatic N) is 1. The molecule has 0 radical (unpaired) electrons. The third-order valence-corrected chi connectivity index (χ3v) is 3.37. The van der Waals surface area contributed by atoms with Crippen molar-refractivity contribution in [1.29, 1.82) is 0 Å². The minimum Gasteiger partial charge on any atom is -0.506 e. The lowest BCUT2D eigenvalue weighted by Crippen LogP contribution is -1.84. The molecular formula is C13H7Cl4NO. The maximum Gasteiger partial charge on any atom is 0.143 e. The molecule has 0 bridgehead atoms. The van der Waals surface area contributed by atoms with E-state index in [0.717, 1.165) is 0 Å². The Morgan fingerprint density at radius 1 is 0.895 bits per heavy atom. The lowest BCUT2D eigenvalue weighted by Gasteiger charge is -2.03. The molecule has 0 fully saturated rings. The van der Waals surface area contributed by atoms with Crippen LogP contribution in [0.3, 0.4) is 0 Å². The summed E-state index contributed by atoms with van der Waals surface area (Å²) < 4.78 is 0.